The SMILES string of the molecule is Cc1cc(-c2ccc(C(N)=O)cc2F)cc(C)c1Oc1nc(Nc2ccc(C#N)cc2)nc2c1ncn2C.Cc1cc(-c2ccc(C(N)=O)cc2F)cc(C)c1Oc1nc(Nc2ccc(C#N)cc2)nc2ncn(C)c12.Cc1cc(-c2ccnnc2)cc(C)c1Oc1nc(Nc2ccc(C#N)cc2)nc2ccn(C)c12. The number of carbonyl (C=O) groups is 2. The summed E-state index contributed by atoms with van der Waals surface area (Å²) in [5, 5.41) is 44.4. The number of anilines is 6. The fourth-order valence-electron chi connectivity index (χ4n) is 12.2. The molecule has 0 bridgehead atoms. The van der Waals surface area contributed by atoms with Gasteiger partial charge in [-0.1, -0.05) is 12.1 Å². The van der Waals surface area contributed by atoms with E-state index in [0.29, 0.717) is 108 Å². The Hall–Kier alpha value is -15.4. The number of primary amides is 2. The topological polar surface area (TPSA) is 365 Å². The van der Waals surface area contributed by atoms with E-state index in [2.05, 4.69) is 96.4 Å². The van der Waals surface area contributed by atoms with Crippen molar-refractivity contribution >= 4 is 80.1 Å². The first-order chi connectivity index (χ1) is 53.0. The molecule has 0 atom stereocenters. The number of nitrogens with zero attached hydrogens (tertiary/aromatic N) is 16. The van der Waals surface area contributed by atoms with Crippen molar-refractivity contribution in [1.29, 1.82) is 15.8 Å². The van der Waals surface area contributed by atoms with E-state index in [1.165, 1.54) is 24.3 Å². The molecule has 0 saturated heterocycles. The summed E-state index contributed by atoms with van der Waals surface area (Å²) >= 11 is 0. The van der Waals surface area contributed by atoms with Gasteiger partial charge >= 0.3 is 0 Å². The highest BCUT2D eigenvalue weighted by Crippen LogP contribution is 2.41. The van der Waals surface area contributed by atoms with Gasteiger partial charge in [0.05, 0.1) is 65.5 Å². The second-order valence-corrected chi connectivity index (χ2v) is 25.6. The van der Waals surface area contributed by atoms with Gasteiger partial charge in [-0.25, -0.2) is 23.7 Å². The lowest BCUT2D eigenvalue weighted by Gasteiger charge is -2.15. The first kappa shape index (κ1) is 73.0. The predicted molar refractivity (Wildman–Crippen MR) is 411 cm³/mol. The summed E-state index contributed by atoms with van der Waals surface area (Å²) in [6.07, 6.45) is 8.60. The van der Waals surface area contributed by atoms with Gasteiger partial charge in [0.15, 0.2) is 22.3 Å². The van der Waals surface area contributed by atoms with E-state index in [4.69, 9.17) is 41.5 Å². The quantitative estimate of drug-likeness (QED) is 0.0565. The Morgan fingerprint density at radius 3 is 1.29 bits per heavy atom. The van der Waals surface area contributed by atoms with E-state index >= 15 is 0 Å². The number of hydrogen-bond donors (Lipinski definition) is 5. The average molecular weight is 1460 g/mol. The first-order valence-corrected chi connectivity index (χ1v) is 33.8. The summed E-state index contributed by atoms with van der Waals surface area (Å²) in [5.74, 6) is 1.39. The van der Waals surface area contributed by atoms with Crippen LogP contribution in [-0.2, 0) is 21.1 Å². The minimum atomic E-state index is -0.690. The second kappa shape index (κ2) is 31.1. The van der Waals surface area contributed by atoms with E-state index in [-0.39, 0.29) is 23.0 Å². The van der Waals surface area contributed by atoms with Crippen molar-refractivity contribution in [2.75, 3.05) is 16.0 Å². The minimum absolute atomic E-state index is 0.105. The number of ether oxygens (including phenoxy) is 3. The molecule has 0 saturated carbocycles. The molecule has 110 heavy (non-hydrogen) atoms. The third-order valence-corrected chi connectivity index (χ3v) is 17.6. The number of aryl methyl sites for hydroxylation is 9. The van der Waals surface area contributed by atoms with Gasteiger partial charge in [0.1, 0.15) is 34.4 Å². The highest BCUT2D eigenvalue weighted by atomic mass is 19.1. The van der Waals surface area contributed by atoms with Crippen LogP contribution in [0.3, 0.4) is 0 Å². The van der Waals surface area contributed by atoms with Gasteiger partial charge in [0.2, 0.25) is 35.5 Å². The summed E-state index contributed by atoms with van der Waals surface area (Å²) < 4.78 is 54.0. The zero-order chi connectivity index (χ0) is 77.6. The van der Waals surface area contributed by atoms with Crippen LogP contribution in [0, 0.1) is 87.2 Å². The molecule has 15 rings (SSSR count). The molecule has 0 aliphatic rings. The lowest BCUT2D eigenvalue weighted by Crippen LogP contribution is -2.11. The van der Waals surface area contributed by atoms with Crippen LogP contribution in [0.25, 0.3) is 66.7 Å². The number of nitrogens with one attached hydrogen (secondary N) is 3. The number of nitrogens with two attached hydrogens (primary N) is 2. The van der Waals surface area contributed by atoms with Gasteiger partial charge in [0.25, 0.3) is 11.8 Å². The van der Waals surface area contributed by atoms with Crippen LogP contribution in [0.5, 0.6) is 34.9 Å². The van der Waals surface area contributed by atoms with E-state index in [1.807, 2.05) is 110 Å². The molecule has 0 aliphatic heterocycles. The molecule has 0 unspecified atom stereocenters. The number of halogens is 2. The number of nitriles is 3. The first-order valence-electron chi connectivity index (χ1n) is 33.8. The van der Waals surface area contributed by atoms with Gasteiger partial charge in [-0.05, 0) is 237 Å². The van der Waals surface area contributed by atoms with Crippen molar-refractivity contribution < 1.29 is 32.6 Å². The third kappa shape index (κ3) is 15.8. The van der Waals surface area contributed by atoms with Crippen LogP contribution in [0.15, 0.2) is 189 Å². The van der Waals surface area contributed by atoms with Gasteiger partial charge in [0, 0.05) is 72.2 Å². The fraction of sp³-hybridized carbons (Fsp3) is 0.110. The molecular weight excluding hydrogens is 1400 g/mol. The molecule has 7 N–H and O–H groups in total. The molecule has 0 fully saturated rings. The summed E-state index contributed by atoms with van der Waals surface area (Å²) in [4.78, 5) is 59.0. The standard InChI is InChI=1S/2C28H22FN7O2.C26H21N7O/c1-15-10-19(21-9-6-18(25(31)37)12-22(21)29)11-16(2)24(15)38-27-23-26(32-14-36(23)3)34-28(35-27)33-20-7-4-17(13-30)5-8-20;1-15-10-19(21-9-6-18(25(31)37)12-22(21)29)11-16(2)24(15)38-27-23-26(36(3)14-32-23)34-28(35-27)33-20-7-4-17(13-30)5-8-20;1-16-12-20(19-8-10-28-29-15-19)13-17(2)24(16)34-25-23-22(9-11-33(23)3)31-26(32-25)30-21-6-4-18(14-27)5-7-21/h2*4-12,14H,1-3H3,(H2,31,37)(H,33,34,35);4-13,15H,1-3H3,(H,30,31,32). The second-order valence-electron chi connectivity index (χ2n) is 25.6. The lowest BCUT2D eigenvalue weighted by molar-refractivity contribution is 0.0991. The van der Waals surface area contributed by atoms with Crippen molar-refractivity contribution in [2.24, 2.45) is 32.6 Å². The Kier molecular flexibility index (Phi) is 20.7. The Morgan fingerprint density at radius 2 is 0.855 bits per heavy atom. The molecular formula is C82H65F2N21O5. The number of benzene rings is 8. The smallest absolute Gasteiger partial charge is 0.252 e. The number of imidazole rings is 2. The molecule has 0 aliphatic carbocycles. The molecule has 8 aromatic carbocycles. The molecule has 28 heteroatoms. The Labute approximate surface area is 627 Å². The highest BCUT2D eigenvalue weighted by Gasteiger charge is 2.23. The number of amides is 2. The van der Waals surface area contributed by atoms with Gasteiger partial charge < -0.3 is 55.3 Å². The molecule has 26 nitrogen and oxygen atoms in total. The van der Waals surface area contributed by atoms with Crippen LogP contribution in [-0.4, -0.2) is 75.6 Å². The lowest BCUT2D eigenvalue weighted by atomic mass is 9.98. The maximum absolute atomic E-state index is 14.8. The Bertz CT molecular complexity index is 6170. The summed E-state index contributed by atoms with van der Waals surface area (Å²) in [6, 6.07) is 50.8. The fourth-order valence-corrected chi connectivity index (χ4v) is 12.2. The zero-order valence-electron chi connectivity index (χ0n) is 60.5. The number of hydrogen-bond acceptors (Lipinski definition) is 21. The van der Waals surface area contributed by atoms with Crippen molar-refractivity contribution in [1.82, 2.24) is 63.8 Å². The molecule has 15 aromatic rings. The molecule has 7 heterocycles. The minimum Gasteiger partial charge on any atom is -0.436 e. The predicted octanol–water partition coefficient (Wildman–Crippen LogP) is 16.0. The molecule has 542 valence electrons. The maximum atomic E-state index is 14.8. The Balaban J connectivity index is 0.000000145. The van der Waals surface area contributed by atoms with E-state index in [0.717, 1.165) is 79.1 Å². The Morgan fingerprint density at radius 1 is 0.436 bits per heavy atom. The van der Waals surface area contributed by atoms with E-state index < -0.39 is 23.4 Å². The van der Waals surface area contributed by atoms with Crippen LogP contribution < -0.4 is 41.6 Å². The molecule has 7 aromatic heterocycles. The largest absolute Gasteiger partial charge is 0.436 e. The number of aromatic nitrogens is 13. The summed E-state index contributed by atoms with van der Waals surface area (Å²) in [7, 11) is 5.58. The average Bonchev–Trinajstić information content (AvgIpc) is 1.68. The van der Waals surface area contributed by atoms with Crippen molar-refractivity contribution in [2.45, 2.75) is 41.5 Å². The van der Waals surface area contributed by atoms with Crippen LogP contribution in [0.4, 0.5) is 43.7 Å². The summed E-state index contributed by atoms with van der Waals surface area (Å²) in [5.41, 5.74) is 27.2. The molecule has 2 amide bonds. The monoisotopic (exact) mass is 1460 g/mol. The zero-order valence-corrected chi connectivity index (χ0v) is 60.5. The number of rotatable bonds is 17. The maximum Gasteiger partial charge on any atom is 0.252 e. The van der Waals surface area contributed by atoms with Gasteiger partial charge in [-0.3, -0.25) is 9.59 Å². The van der Waals surface area contributed by atoms with Crippen molar-refractivity contribution in [3.63, 3.8) is 0 Å². The molecule has 0 spiro atoms. The molecule has 0 radical (unpaired) electrons. The normalized spacial score (nSPS) is 10.8. The van der Waals surface area contributed by atoms with E-state index in [1.54, 1.807) is 107 Å². The van der Waals surface area contributed by atoms with Crippen molar-refractivity contribution in [3.05, 3.63) is 262 Å². The highest BCUT2D eigenvalue weighted by molar-refractivity contribution is 5.94. The third-order valence-electron chi connectivity index (χ3n) is 17.6. The van der Waals surface area contributed by atoms with Crippen LogP contribution in [0.1, 0.15) is 70.8 Å². The van der Waals surface area contributed by atoms with Crippen LogP contribution in [0.2, 0.25) is 0 Å². The number of carbonyl (C=O) groups excluding carboxylic acids is 2. The summed E-state index contributed by atoms with van der Waals surface area (Å²) in [6.45, 7) is 11.5. The van der Waals surface area contributed by atoms with Gasteiger partial charge in [-0.2, -0.15) is 50.9 Å². The van der Waals surface area contributed by atoms with Crippen LogP contribution >= 0.6 is 0 Å². The number of fused-ring (bicyclic) bond motifs is 3. The van der Waals surface area contributed by atoms with Gasteiger partial charge in [-0.15, -0.1) is 0 Å². The van der Waals surface area contributed by atoms with E-state index in [9.17, 15) is 18.4 Å². The van der Waals surface area contributed by atoms with Crippen molar-refractivity contribution in [3.8, 4) is 86.5 Å².